The number of anilines is 1. The van der Waals surface area contributed by atoms with Gasteiger partial charge in [0.05, 0.1) is 11.0 Å². The van der Waals surface area contributed by atoms with E-state index in [1.165, 1.54) is 93.8 Å². The number of benzene rings is 8. The van der Waals surface area contributed by atoms with Gasteiger partial charge in [0.15, 0.2) is 0 Å². The van der Waals surface area contributed by atoms with E-state index in [2.05, 4.69) is 252 Å². The summed E-state index contributed by atoms with van der Waals surface area (Å²) in [4.78, 5) is 2.53. The number of para-hydroxylation sites is 1. The van der Waals surface area contributed by atoms with E-state index in [9.17, 15) is 0 Å². The fourth-order valence-electron chi connectivity index (χ4n) is 10.3. The fourth-order valence-corrected chi connectivity index (χ4v) is 10.3. The first-order chi connectivity index (χ1) is 31.7. The third-order valence-corrected chi connectivity index (χ3v) is 13.4. The van der Waals surface area contributed by atoms with E-state index in [-0.39, 0.29) is 0 Å². The minimum atomic E-state index is 0.336. The molecular weight excluding hydrogens is 773 g/mol. The molecule has 3 aliphatic carbocycles. The summed E-state index contributed by atoms with van der Waals surface area (Å²) in [5.41, 5.74) is 17.0. The minimum Gasteiger partial charge on any atom is -0.314 e. The molecule has 304 valence electrons. The van der Waals surface area contributed by atoms with Crippen LogP contribution in [0, 0.1) is 11.8 Å². The van der Waals surface area contributed by atoms with Crippen LogP contribution in [0.1, 0.15) is 12.8 Å². The summed E-state index contributed by atoms with van der Waals surface area (Å²) in [7, 11) is 0. The Kier molecular flexibility index (Phi) is 9.49. The molecule has 9 aromatic rings. The standard InChI is InChI=1S/C62H46N2/c1-2-15-43(16-3-1)47-21-12-22-48(39-47)45-31-35-52(36-32-45)64-61-29-11-10-28-58(61)59-38-34-51(42-62(59)64)56-26-9-8-25-55(56)50-23-13-24-53(41-50)63(54-37-33-44-17-4-5-19-49(44)40-54)60-30-14-20-46-18-6-7-27-57(46)60/h1-13,15-29,31-42,44,49H,14,30H2. The number of aromatic nitrogens is 1. The van der Waals surface area contributed by atoms with Crippen LogP contribution in [0.25, 0.3) is 83.8 Å². The zero-order valence-electron chi connectivity index (χ0n) is 35.6. The Morgan fingerprint density at radius 3 is 1.94 bits per heavy atom. The largest absolute Gasteiger partial charge is 0.314 e. The van der Waals surface area contributed by atoms with Gasteiger partial charge in [-0.15, -0.1) is 0 Å². The maximum absolute atomic E-state index is 2.53. The highest BCUT2D eigenvalue weighted by molar-refractivity contribution is 6.10. The molecule has 0 saturated heterocycles. The van der Waals surface area contributed by atoms with E-state index in [1.807, 2.05) is 0 Å². The maximum Gasteiger partial charge on any atom is 0.0547 e. The molecule has 1 aromatic heterocycles. The molecular formula is C62H46N2. The van der Waals surface area contributed by atoms with Crippen molar-refractivity contribution < 1.29 is 0 Å². The van der Waals surface area contributed by atoms with Crippen molar-refractivity contribution in [2.24, 2.45) is 11.8 Å². The summed E-state index contributed by atoms with van der Waals surface area (Å²) in [5, 5.41) is 5.12. The van der Waals surface area contributed by atoms with E-state index < -0.39 is 0 Å². The molecule has 0 radical (unpaired) electrons. The third kappa shape index (κ3) is 6.76. The lowest BCUT2D eigenvalue weighted by Crippen LogP contribution is -2.36. The average Bonchev–Trinajstić information content (AvgIpc) is 3.70. The van der Waals surface area contributed by atoms with E-state index in [1.54, 1.807) is 0 Å². The summed E-state index contributed by atoms with van der Waals surface area (Å²) in [6.07, 6.45) is 20.6. The number of nitrogens with zero attached hydrogens (tertiary/aromatic N) is 2. The van der Waals surface area contributed by atoms with Gasteiger partial charge >= 0.3 is 0 Å². The van der Waals surface area contributed by atoms with Crippen LogP contribution in [0.5, 0.6) is 0 Å². The number of rotatable bonds is 8. The molecule has 2 nitrogen and oxygen atoms in total. The molecule has 0 amide bonds. The minimum absolute atomic E-state index is 0.336. The van der Waals surface area contributed by atoms with Crippen LogP contribution in [-0.4, -0.2) is 4.57 Å². The normalized spacial score (nSPS) is 16.3. The first-order valence-electron chi connectivity index (χ1n) is 22.6. The van der Waals surface area contributed by atoms with Crippen LogP contribution in [0.15, 0.2) is 242 Å². The van der Waals surface area contributed by atoms with Gasteiger partial charge in [-0.05, 0) is 111 Å². The molecule has 12 rings (SSSR count). The molecule has 0 fully saturated rings. The first kappa shape index (κ1) is 37.8. The van der Waals surface area contributed by atoms with Crippen LogP contribution < -0.4 is 15.3 Å². The number of hydrogen-bond donors (Lipinski definition) is 0. The molecule has 0 aliphatic heterocycles. The molecule has 2 heteroatoms. The smallest absolute Gasteiger partial charge is 0.0547 e. The lowest BCUT2D eigenvalue weighted by molar-refractivity contribution is 0.652. The zero-order chi connectivity index (χ0) is 42.4. The fraction of sp³-hybridized carbons (Fsp3) is 0.0645. The molecule has 2 atom stereocenters. The highest BCUT2D eigenvalue weighted by Gasteiger charge is 2.25. The summed E-state index contributed by atoms with van der Waals surface area (Å²) in [6.45, 7) is 0. The van der Waals surface area contributed by atoms with Crippen molar-refractivity contribution in [1.82, 2.24) is 4.57 Å². The number of fused-ring (bicyclic) bond motifs is 5. The summed E-state index contributed by atoms with van der Waals surface area (Å²) in [5.74, 6) is 0.729. The van der Waals surface area contributed by atoms with Gasteiger partial charge in [-0.2, -0.15) is 0 Å². The van der Waals surface area contributed by atoms with Crippen molar-refractivity contribution in [3.8, 4) is 50.2 Å². The van der Waals surface area contributed by atoms with Gasteiger partial charge in [-0.3, -0.25) is 0 Å². The van der Waals surface area contributed by atoms with E-state index in [0.717, 1.165) is 18.5 Å². The molecule has 64 heavy (non-hydrogen) atoms. The van der Waals surface area contributed by atoms with Crippen LogP contribution >= 0.6 is 0 Å². The van der Waals surface area contributed by atoms with Crippen LogP contribution in [-0.2, 0) is 0 Å². The number of allylic oxidation sites excluding steroid dienone is 7. The monoisotopic (exact) mass is 818 g/mol. The van der Waals surface area contributed by atoms with Crippen molar-refractivity contribution in [3.05, 3.63) is 253 Å². The van der Waals surface area contributed by atoms with E-state index in [4.69, 9.17) is 0 Å². The number of hydrogen-bond acceptors (Lipinski definition) is 1. The first-order valence-corrected chi connectivity index (χ1v) is 22.6. The van der Waals surface area contributed by atoms with E-state index in [0.29, 0.717) is 11.8 Å². The molecule has 1 heterocycles. The Bertz CT molecular complexity index is 3500. The maximum atomic E-state index is 2.53. The molecule has 3 aliphatic rings. The van der Waals surface area contributed by atoms with Gasteiger partial charge in [-0.1, -0.05) is 194 Å². The Morgan fingerprint density at radius 2 is 1.09 bits per heavy atom. The molecule has 0 saturated carbocycles. The second-order valence-corrected chi connectivity index (χ2v) is 17.2. The Balaban J connectivity index is 0.953. The molecule has 0 spiro atoms. The molecule has 2 unspecified atom stereocenters. The van der Waals surface area contributed by atoms with Gasteiger partial charge in [0, 0.05) is 50.6 Å². The molecule has 8 aromatic carbocycles. The average molecular weight is 819 g/mol. The topological polar surface area (TPSA) is 8.17 Å². The van der Waals surface area contributed by atoms with Crippen molar-refractivity contribution in [1.29, 1.82) is 0 Å². The Hall–Kier alpha value is -7.94. The molecule has 0 bridgehead atoms. The van der Waals surface area contributed by atoms with Gasteiger partial charge in [0.25, 0.3) is 0 Å². The van der Waals surface area contributed by atoms with Gasteiger partial charge in [0.1, 0.15) is 0 Å². The lowest BCUT2D eigenvalue weighted by atomic mass is 9.84. The Labute approximate surface area is 374 Å². The van der Waals surface area contributed by atoms with Crippen LogP contribution in [0.4, 0.5) is 5.69 Å². The van der Waals surface area contributed by atoms with Crippen molar-refractivity contribution >= 4 is 39.3 Å². The highest BCUT2D eigenvalue weighted by Crippen LogP contribution is 2.41. The Morgan fingerprint density at radius 1 is 0.453 bits per heavy atom. The van der Waals surface area contributed by atoms with Crippen molar-refractivity contribution in [2.75, 3.05) is 4.90 Å². The van der Waals surface area contributed by atoms with E-state index >= 15 is 0 Å². The zero-order valence-corrected chi connectivity index (χ0v) is 35.6. The van der Waals surface area contributed by atoms with Crippen molar-refractivity contribution in [2.45, 2.75) is 12.8 Å². The van der Waals surface area contributed by atoms with Crippen LogP contribution in [0.3, 0.4) is 0 Å². The SMILES string of the molecule is C1=CC2C=CC(N(C3=c4ccccc4=CCC3)c3cccc(-c4ccccc4-c4ccc5c6ccccc6n(-c6ccc(-c7cccc(-c8ccccc8)c7)cc6)c5c4)c3)=CC2C=C1. The van der Waals surface area contributed by atoms with Gasteiger partial charge in [-0.25, -0.2) is 0 Å². The highest BCUT2D eigenvalue weighted by atomic mass is 15.2. The quantitative estimate of drug-likeness (QED) is 0.148. The predicted octanol–water partition coefficient (Wildman–Crippen LogP) is 14.5. The summed E-state index contributed by atoms with van der Waals surface area (Å²) >= 11 is 0. The van der Waals surface area contributed by atoms with Crippen molar-refractivity contribution in [3.63, 3.8) is 0 Å². The molecule has 0 N–H and O–H groups in total. The second-order valence-electron chi connectivity index (χ2n) is 17.2. The third-order valence-electron chi connectivity index (χ3n) is 13.4. The summed E-state index contributed by atoms with van der Waals surface area (Å²) in [6, 6.07) is 71.3. The second kappa shape index (κ2) is 16.1. The lowest BCUT2D eigenvalue weighted by Gasteiger charge is -2.34. The summed E-state index contributed by atoms with van der Waals surface area (Å²) < 4.78 is 2.43. The van der Waals surface area contributed by atoms with Gasteiger partial charge in [0.2, 0.25) is 0 Å². The van der Waals surface area contributed by atoms with Crippen LogP contribution in [0.2, 0.25) is 0 Å². The predicted molar refractivity (Wildman–Crippen MR) is 270 cm³/mol. The van der Waals surface area contributed by atoms with Gasteiger partial charge < -0.3 is 9.47 Å².